The average molecular weight is 338 g/mol. The van der Waals surface area contributed by atoms with E-state index in [1.54, 1.807) is 18.3 Å². The minimum atomic E-state index is -0.847. The molecule has 6 nitrogen and oxygen atoms in total. The number of carbonyl (C=O) groups is 2. The van der Waals surface area contributed by atoms with E-state index in [9.17, 15) is 9.59 Å². The van der Waals surface area contributed by atoms with Crippen molar-refractivity contribution in [3.63, 3.8) is 0 Å². The van der Waals surface area contributed by atoms with Gasteiger partial charge in [-0.1, -0.05) is 6.42 Å². The van der Waals surface area contributed by atoms with Crippen molar-refractivity contribution in [1.82, 2.24) is 10.3 Å². The maximum atomic E-state index is 12.1. The average Bonchev–Trinajstić information content (AvgIpc) is 2.55. The van der Waals surface area contributed by atoms with Crippen LogP contribution in [0.1, 0.15) is 42.5 Å². The summed E-state index contributed by atoms with van der Waals surface area (Å²) in [7, 11) is 0. The van der Waals surface area contributed by atoms with Crippen molar-refractivity contribution in [3.8, 4) is 5.88 Å². The molecule has 1 fully saturated rings. The summed E-state index contributed by atoms with van der Waals surface area (Å²) in [5.41, 5.74) is 0.508. The maximum Gasteiger partial charge on any atom is 0.313 e. The lowest BCUT2D eigenvalue weighted by Gasteiger charge is -2.22. The van der Waals surface area contributed by atoms with Gasteiger partial charge in [-0.15, -0.1) is 11.8 Å². The molecule has 1 amide bonds. The van der Waals surface area contributed by atoms with Crippen LogP contribution in [0.2, 0.25) is 0 Å². The number of aliphatic carboxylic acids is 1. The number of amides is 1. The lowest BCUT2D eigenvalue weighted by molar-refractivity contribution is -0.133. The molecule has 126 valence electrons. The van der Waals surface area contributed by atoms with Gasteiger partial charge in [0.25, 0.3) is 5.91 Å². The van der Waals surface area contributed by atoms with E-state index >= 15 is 0 Å². The molecule has 0 atom stereocenters. The van der Waals surface area contributed by atoms with Crippen molar-refractivity contribution >= 4 is 23.6 Å². The largest absolute Gasteiger partial charge is 0.481 e. The zero-order valence-corrected chi connectivity index (χ0v) is 13.8. The summed E-state index contributed by atoms with van der Waals surface area (Å²) in [4.78, 5) is 26.6. The van der Waals surface area contributed by atoms with Crippen LogP contribution < -0.4 is 10.1 Å². The second-order valence-corrected chi connectivity index (χ2v) is 6.57. The Balaban J connectivity index is 1.78. The van der Waals surface area contributed by atoms with Crippen molar-refractivity contribution < 1.29 is 19.4 Å². The quantitative estimate of drug-likeness (QED) is 0.707. The molecule has 23 heavy (non-hydrogen) atoms. The summed E-state index contributed by atoms with van der Waals surface area (Å²) in [5, 5.41) is 11.3. The minimum Gasteiger partial charge on any atom is -0.481 e. The molecule has 7 heteroatoms. The Hall–Kier alpha value is -1.76. The summed E-state index contributed by atoms with van der Waals surface area (Å²) in [6, 6.07) is 3.31. The summed E-state index contributed by atoms with van der Waals surface area (Å²) < 4.78 is 5.86. The number of rotatable bonds is 8. The number of pyridine rings is 1. The van der Waals surface area contributed by atoms with Gasteiger partial charge >= 0.3 is 5.97 Å². The SMILES string of the molecule is O=C(O)CSCCNC(=O)c1ccnc(OC2CCCCC2)c1. The Morgan fingerprint density at radius 3 is 2.87 bits per heavy atom. The van der Waals surface area contributed by atoms with E-state index in [4.69, 9.17) is 9.84 Å². The molecule has 1 aliphatic carbocycles. The number of hydrogen-bond donors (Lipinski definition) is 2. The van der Waals surface area contributed by atoms with Crippen molar-refractivity contribution in [2.24, 2.45) is 0 Å². The fourth-order valence-electron chi connectivity index (χ4n) is 2.47. The Morgan fingerprint density at radius 2 is 2.13 bits per heavy atom. The smallest absolute Gasteiger partial charge is 0.313 e. The first-order chi connectivity index (χ1) is 11.1. The van der Waals surface area contributed by atoms with Gasteiger partial charge in [-0.2, -0.15) is 0 Å². The standard InChI is InChI=1S/C16H22N2O4S/c19-15(20)11-23-9-8-18-16(21)12-6-7-17-14(10-12)22-13-4-2-1-3-5-13/h6-7,10,13H,1-5,8-9,11H2,(H,18,21)(H,19,20). The maximum absolute atomic E-state index is 12.1. The molecule has 0 spiro atoms. The minimum absolute atomic E-state index is 0.0461. The first-order valence-corrected chi connectivity index (χ1v) is 9.01. The highest BCUT2D eigenvalue weighted by atomic mass is 32.2. The number of thioether (sulfide) groups is 1. The van der Waals surface area contributed by atoms with E-state index in [1.165, 1.54) is 31.0 Å². The third-order valence-electron chi connectivity index (χ3n) is 3.59. The first kappa shape index (κ1) is 17.6. The van der Waals surface area contributed by atoms with Crippen molar-refractivity contribution in [3.05, 3.63) is 23.9 Å². The summed E-state index contributed by atoms with van der Waals surface area (Å²) in [5.74, 6) is 0.0561. The van der Waals surface area contributed by atoms with E-state index < -0.39 is 5.97 Å². The number of carbonyl (C=O) groups excluding carboxylic acids is 1. The highest BCUT2D eigenvalue weighted by Gasteiger charge is 2.16. The molecule has 0 bridgehead atoms. The highest BCUT2D eigenvalue weighted by Crippen LogP contribution is 2.22. The molecular weight excluding hydrogens is 316 g/mol. The summed E-state index contributed by atoms with van der Waals surface area (Å²) in [6.07, 6.45) is 7.47. The molecule has 0 aliphatic heterocycles. The Bertz CT molecular complexity index is 533. The second-order valence-electron chi connectivity index (χ2n) is 5.46. The van der Waals surface area contributed by atoms with Crippen molar-refractivity contribution in [2.75, 3.05) is 18.1 Å². The highest BCUT2D eigenvalue weighted by molar-refractivity contribution is 7.99. The van der Waals surface area contributed by atoms with Gasteiger partial charge in [0, 0.05) is 30.1 Å². The van der Waals surface area contributed by atoms with Crippen LogP contribution in [0.3, 0.4) is 0 Å². The van der Waals surface area contributed by atoms with Gasteiger partial charge in [0.1, 0.15) is 6.10 Å². The molecule has 0 unspecified atom stereocenters. The van der Waals surface area contributed by atoms with Crippen LogP contribution in [-0.4, -0.2) is 46.1 Å². The first-order valence-electron chi connectivity index (χ1n) is 7.85. The molecular formula is C16H22N2O4S. The van der Waals surface area contributed by atoms with Crippen LogP contribution in [0.4, 0.5) is 0 Å². The van der Waals surface area contributed by atoms with Gasteiger partial charge in [0.05, 0.1) is 5.75 Å². The Morgan fingerprint density at radius 1 is 1.35 bits per heavy atom. The van der Waals surface area contributed by atoms with E-state index in [-0.39, 0.29) is 17.8 Å². The van der Waals surface area contributed by atoms with E-state index in [2.05, 4.69) is 10.3 Å². The number of hydrogen-bond acceptors (Lipinski definition) is 5. The molecule has 1 aliphatic rings. The lowest BCUT2D eigenvalue weighted by Crippen LogP contribution is -2.26. The van der Waals surface area contributed by atoms with Crippen LogP contribution in [0, 0.1) is 0 Å². The molecule has 2 N–H and O–H groups in total. The van der Waals surface area contributed by atoms with Crippen molar-refractivity contribution in [1.29, 1.82) is 0 Å². The van der Waals surface area contributed by atoms with Gasteiger partial charge in [-0.3, -0.25) is 9.59 Å². The normalized spacial score (nSPS) is 15.1. The zero-order valence-electron chi connectivity index (χ0n) is 13.0. The van der Waals surface area contributed by atoms with Gasteiger partial charge in [-0.05, 0) is 31.7 Å². The zero-order chi connectivity index (χ0) is 16.5. The van der Waals surface area contributed by atoms with E-state index in [0.29, 0.717) is 23.7 Å². The lowest BCUT2D eigenvalue weighted by atomic mass is 9.98. The molecule has 1 heterocycles. The number of carboxylic acid groups (broad SMARTS) is 1. The van der Waals surface area contributed by atoms with E-state index in [0.717, 1.165) is 12.8 Å². The Labute approximate surface area is 140 Å². The van der Waals surface area contributed by atoms with Gasteiger partial charge in [0.15, 0.2) is 0 Å². The monoisotopic (exact) mass is 338 g/mol. The number of nitrogens with zero attached hydrogens (tertiary/aromatic N) is 1. The van der Waals surface area contributed by atoms with Gasteiger partial charge in [-0.25, -0.2) is 4.98 Å². The fraction of sp³-hybridized carbons (Fsp3) is 0.562. The molecule has 2 rings (SSSR count). The molecule has 0 aromatic carbocycles. The summed E-state index contributed by atoms with van der Waals surface area (Å²) >= 11 is 1.27. The third kappa shape index (κ3) is 6.48. The predicted molar refractivity (Wildman–Crippen MR) is 89.0 cm³/mol. The third-order valence-corrected chi connectivity index (χ3v) is 4.54. The number of nitrogens with one attached hydrogen (secondary N) is 1. The van der Waals surface area contributed by atoms with Gasteiger partial charge < -0.3 is 15.2 Å². The number of carboxylic acids is 1. The van der Waals surface area contributed by atoms with Crippen LogP contribution in [0.25, 0.3) is 0 Å². The fourth-order valence-corrected chi connectivity index (χ4v) is 3.03. The molecule has 0 radical (unpaired) electrons. The molecule has 1 saturated carbocycles. The summed E-state index contributed by atoms with van der Waals surface area (Å²) in [6.45, 7) is 0.428. The number of ether oxygens (including phenoxy) is 1. The molecule has 1 aromatic heterocycles. The Kier molecular flexibility index (Phi) is 7.19. The van der Waals surface area contributed by atoms with Crippen LogP contribution in [0.5, 0.6) is 5.88 Å². The second kappa shape index (κ2) is 9.39. The van der Waals surface area contributed by atoms with E-state index in [1.807, 2.05) is 0 Å². The van der Waals surface area contributed by atoms with Crippen molar-refractivity contribution in [2.45, 2.75) is 38.2 Å². The van der Waals surface area contributed by atoms with Gasteiger partial charge in [0.2, 0.25) is 5.88 Å². The molecule has 0 saturated heterocycles. The predicted octanol–water partition coefficient (Wildman–Crippen LogP) is 2.34. The molecule has 1 aromatic rings. The van der Waals surface area contributed by atoms with Crippen LogP contribution >= 0.6 is 11.8 Å². The van der Waals surface area contributed by atoms with Crippen LogP contribution in [-0.2, 0) is 4.79 Å². The number of aromatic nitrogens is 1. The topological polar surface area (TPSA) is 88.5 Å². The van der Waals surface area contributed by atoms with Crippen LogP contribution in [0.15, 0.2) is 18.3 Å².